The molecule has 0 spiro atoms. The molecular formula is C15H25NO3S. The molecule has 4 nitrogen and oxygen atoms in total. The van der Waals surface area contributed by atoms with Crippen LogP contribution in [-0.4, -0.2) is 25.5 Å². The largest absolute Gasteiger partial charge is 0.494 e. The molecule has 0 saturated carbocycles. The number of rotatable bonds is 6. The maximum Gasteiger partial charge on any atom is 0.157 e. The molecule has 0 radical (unpaired) electrons. The van der Waals surface area contributed by atoms with Gasteiger partial charge in [-0.15, -0.1) is 0 Å². The molecule has 0 aromatic heterocycles. The fourth-order valence-electron chi connectivity index (χ4n) is 1.61. The molecule has 2 N–H and O–H groups in total. The molecule has 1 rings (SSSR count). The van der Waals surface area contributed by atoms with Gasteiger partial charge < -0.3 is 10.5 Å². The zero-order chi connectivity index (χ0) is 15.4. The van der Waals surface area contributed by atoms with Gasteiger partial charge in [-0.1, -0.05) is 19.1 Å². The van der Waals surface area contributed by atoms with Gasteiger partial charge in [-0.05, 0) is 44.9 Å². The van der Waals surface area contributed by atoms with Crippen molar-refractivity contribution >= 4 is 9.84 Å². The second-order valence-corrected chi connectivity index (χ2v) is 8.71. The Bertz CT molecular complexity index is 515. The summed E-state index contributed by atoms with van der Waals surface area (Å²) in [6.07, 6.45) is 0.949. The number of hydrogen-bond donors (Lipinski definition) is 1. The van der Waals surface area contributed by atoms with Gasteiger partial charge >= 0.3 is 0 Å². The summed E-state index contributed by atoms with van der Waals surface area (Å²) in [5.74, 6) is 0.729. The van der Waals surface area contributed by atoms with Gasteiger partial charge in [-0.2, -0.15) is 0 Å². The van der Waals surface area contributed by atoms with Crippen LogP contribution in [0.15, 0.2) is 24.3 Å². The minimum atomic E-state index is -3.23. The Balaban J connectivity index is 2.76. The summed E-state index contributed by atoms with van der Waals surface area (Å²) in [4.78, 5) is 0. The lowest BCUT2D eigenvalue weighted by Crippen LogP contribution is -2.34. The highest BCUT2D eigenvalue weighted by Crippen LogP contribution is 2.23. The normalized spacial score (nSPS) is 14.1. The van der Waals surface area contributed by atoms with E-state index < -0.39 is 20.6 Å². The van der Waals surface area contributed by atoms with E-state index in [1.54, 1.807) is 20.8 Å². The van der Waals surface area contributed by atoms with Gasteiger partial charge in [0.2, 0.25) is 0 Å². The van der Waals surface area contributed by atoms with Gasteiger partial charge in [0.05, 0.1) is 17.1 Å². The summed E-state index contributed by atoms with van der Waals surface area (Å²) in [5, 5.41) is 0. The average molecular weight is 299 g/mol. The van der Waals surface area contributed by atoms with Crippen LogP contribution in [0.25, 0.3) is 0 Å². The Hall–Kier alpha value is -1.07. The summed E-state index contributed by atoms with van der Waals surface area (Å²) in [6, 6.07) is 6.80. The van der Waals surface area contributed by atoms with Gasteiger partial charge in [-0.25, -0.2) is 8.42 Å². The van der Waals surface area contributed by atoms with Crippen LogP contribution in [0.3, 0.4) is 0 Å². The van der Waals surface area contributed by atoms with E-state index in [0.717, 1.165) is 17.7 Å². The molecule has 0 aliphatic rings. The molecule has 114 valence electrons. The molecule has 0 aliphatic carbocycles. The van der Waals surface area contributed by atoms with Crippen molar-refractivity contribution in [2.24, 2.45) is 5.73 Å². The smallest absolute Gasteiger partial charge is 0.157 e. The van der Waals surface area contributed by atoms with Crippen LogP contribution in [0, 0.1) is 0 Å². The second kappa shape index (κ2) is 6.59. The van der Waals surface area contributed by atoms with Gasteiger partial charge in [0.1, 0.15) is 5.75 Å². The molecule has 20 heavy (non-hydrogen) atoms. The molecular weight excluding hydrogens is 274 g/mol. The zero-order valence-corrected chi connectivity index (χ0v) is 13.5. The van der Waals surface area contributed by atoms with E-state index in [9.17, 15) is 8.42 Å². The van der Waals surface area contributed by atoms with Crippen LogP contribution in [-0.2, 0) is 9.84 Å². The summed E-state index contributed by atoms with van der Waals surface area (Å²) in [5.41, 5.74) is 6.82. The average Bonchev–Trinajstić information content (AvgIpc) is 2.35. The number of ether oxygens (including phenoxy) is 1. The number of nitrogens with two attached hydrogens (primary N) is 1. The van der Waals surface area contributed by atoms with Crippen molar-refractivity contribution in [1.29, 1.82) is 0 Å². The SMILES string of the molecule is CCCOc1ccc(C(N)CS(=O)(=O)C(C)(C)C)cc1. The number of benzene rings is 1. The summed E-state index contributed by atoms with van der Waals surface area (Å²) in [6.45, 7) is 7.79. The fourth-order valence-corrected chi connectivity index (χ4v) is 2.78. The van der Waals surface area contributed by atoms with E-state index in [4.69, 9.17) is 10.5 Å². The van der Waals surface area contributed by atoms with Crippen molar-refractivity contribution in [3.8, 4) is 5.75 Å². The quantitative estimate of drug-likeness (QED) is 0.877. The fraction of sp³-hybridized carbons (Fsp3) is 0.600. The van der Waals surface area contributed by atoms with Crippen molar-refractivity contribution in [1.82, 2.24) is 0 Å². The maximum atomic E-state index is 12.1. The monoisotopic (exact) mass is 299 g/mol. The summed E-state index contributed by atoms with van der Waals surface area (Å²) in [7, 11) is -3.23. The Morgan fingerprint density at radius 1 is 1.20 bits per heavy atom. The van der Waals surface area contributed by atoms with E-state index in [1.165, 1.54) is 0 Å². The Morgan fingerprint density at radius 2 is 1.75 bits per heavy atom. The van der Waals surface area contributed by atoms with Crippen molar-refractivity contribution in [3.63, 3.8) is 0 Å². The Morgan fingerprint density at radius 3 is 2.20 bits per heavy atom. The first-order chi connectivity index (χ1) is 9.17. The number of sulfone groups is 1. The molecule has 0 aliphatic heterocycles. The van der Waals surface area contributed by atoms with Crippen molar-refractivity contribution in [2.45, 2.75) is 44.9 Å². The zero-order valence-electron chi connectivity index (χ0n) is 12.7. The highest BCUT2D eigenvalue weighted by atomic mass is 32.2. The molecule has 1 unspecified atom stereocenters. The first-order valence-electron chi connectivity index (χ1n) is 6.88. The molecule has 1 aromatic rings. The molecule has 0 amide bonds. The molecule has 0 fully saturated rings. The highest BCUT2D eigenvalue weighted by molar-refractivity contribution is 7.92. The molecule has 1 atom stereocenters. The minimum absolute atomic E-state index is 0.0499. The standard InChI is InChI=1S/C15H25NO3S/c1-5-10-19-13-8-6-12(7-9-13)14(16)11-20(17,18)15(2,3)4/h6-9,14H,5,10-11,16H2,1-4H3. The van der Waals surface area contributed by atoms with Crippen LogP contribution in [0.5, 0.6) is 5.75 Å². The number of hydrogen-bond acceptors (Lipinski definition) is 4. The lowest BCUT2D eigenvalue weighted by molar-refractivity contribution is 0.317. The van der Waals surface area contributed by atoms with Crippen LogP contribution < -0.4 is 10.5 Å². The molecule has 1 aromatic carbocycles. The first-order valence-corrected chi connectivity index (χ1v) is 8.53. The molecule has 5 heteroatoms. The predicted molar refractivity (Wildman–Crippen MR) is 82.7 cm³/mol. The lowest BCUT2D eigenvalue weighted by Gasteiger charge is -2.22. The summed E-state index contributed by atoms with van der Waals surface area (Å²) < 4.78 is 29.0. The Kier molecular flexibility index (Phi) is 5.59. The third-order valence-electron chi connectivity index (χ3n) is 3.11. The minimum Gasteiger partial charge on any atom is -0.494 e. The van der Waals surface area contributed by atoms with Gasteiger partial charge in [0, 0.05) is 6.04 Å². The van der Waals surface area contributed by atoms with Crippen LogP contribution in [0.1, 0.15) is 45.7 Å². The lowest BCUT2D eigenvalue weighted by atomic mass is 10.1. The first kappa shape index (κ1) is 17.0. The summed E-state index contributed by atoms with van der Waals surface area (Å²) >= 11 is 0. The predicted octanol–water partition coefficient (Wildman–Crippen LogP) is 2.69. The van der Waals surface area contributed by atoms with Gasteiger partial charge in [-0.3, -0.25) is 0 Å². The third kappa shape index (κ3) is 4.49. The second-order valence-electron chi connectivity index (χ2n) is 5.92. The van der Waals surface area contributed by atoms with Crippen LogP contribution in [0.2, 0.25) is 0 Å². The van der Waals surface area contributed by atoms with E-state index in [0.29, 0.717) is 6.61 Å². The third-order valence-corrected chi connectivity index (χ3v) is 5.78. The van der Waals surface area contributed by atoms with Gasteiger partial charge in [0.15, 0.2) is 9.84 Å². The van der Waals surface area contributed by atoms with Crippen molar-refractivity contribution < 1.29 is 13.2 Å². The Labute approximate surface area is 122 Å². The molecule has 0 bridgehead atoms. The highest BCUT2D eigenvalue weighted by Gasteiger charge is 2.31. The van der Waals surface area contributed by atoms with Crippen LogP contribution in [0.4, 0.5) is 0 Å². The molecule has 0 saturated heterocycles. The maximum absolute atomic E-state index is 12.1. The van der Waals surface area contributed by atoms with E-state index in [-0.39, 0.29) is 5.75 Å². The van der Waals surface area contributed by atoms with E-state index in [2.05, 4.69) is 0 Å². The van der Waals surface area contributed by atoms with Crippen molar-refractivity contribution in [2.75, 3.05) is 12.4 Å². The van der Waals surface area contributed by atoms with Crippen LogP contribution >= 0.6 is 0 Å². The van der Waals surface area contributed by atoms with E-state index in [1.807, 2.05) is 31.2 Å². The van der Waals surface area contributed by atoms with E-state index >= 15 is 0 Å². The molecule has 0 heterocycles. The topological polar surface area (TPSA) is 69.4 Å². The van der Waals surface area contributed by atoms with Crippen molar-refractivity contribution in [3.05, 3.63) is 29.8 Å². The van der Waals surface area contributed by atoms with Gasteiger partial charge in [0.25, 0.3) is 0 Å².